The second-order valence-electron chi connectivity index (χ2n) is 7.34. The summed E-state index contributed by atoms with van der Waals surface area (Å²) >= 11 is 0. The molecule has 0 unspecified atom stereocenters. The van der Waals surface area contributed by atoms with E-state index in [9.17, 15) is 14.0 Å². The monoisotopic (exact) mass is 472 g/mol. The van der Waals surface area contributed by atoms with Gasteiger partial charge in [0.15, 0.2) is 11.5 Å². The van der Waals surface area contributed by atoms with Crippen LogP contribution in [-0.4, -0.2) is 32.3 Å². The first-order valence-corrected chi connectivity index (χ1v) is 10.6. The maximum atomic E-state index is 13.9. The topological polar surface area (TPSA) is 86.2 Å². The van der Waals surface area contributed by atoms with Gasteiger partial charge in [0.2, 0.25) is 0 Å². The van der Waals surface area contributed by atoms with Crippen LogP contribution in [0, 0.1) is 5.82 Å². The molecule has 0 atom stereocenters. The number of benzene rings is 4. The molecule has 0 fully saturated rings. The van der Waals surface area contributed by atoms with Crippen molar-refractivity contribution in [1.82, 2.24) is 5.43 Å². The number of methoxy groups -OCH3 is 2. The minimum Gasteiger partial charge on any atom is -0.493 e. The molecule has 0 aliphatic carbocycles. The molecule has 0 saturated carbocycles. The standard InChI is InChI=1S/C27H21FN2O5/c1-33-24-14-12-18(15-25(24)34-2)27(32)35-23-13-11-17-7-3-4-8-19(17)21(23)16-29-30-26(31)20-9-5-6-10-22(20)28/h3-16H,1-2H3,(H,30,31)/b29-16+. The molecule has 0 bridgehead atoms. The maximum absolute atomic E-state index is 13.9. The van der Waals surface area contributed by atoms with Gasteiger partial charge in [-0.1, -0.05) is 42.5 Å². The Morgan fingerprint density at radius 3 is 2.34 bits per heavy atom. The number of hydrazone groups is 1. The predicted molar refractivity (Wildman–Crippen MR) is 130 cm³/mol. The fourth-order valence-electron chi connectivity index (χ4n) is 3.48. The smallest absolute Gasteiger partial charge is 0.343 e. The van der Waals surface area contributed by atoms with E-state index in [1.54, 1.807) is 24.3 Å². The molecule has 0 radical (unpaired) electrons. The highest BCUT2D eigenvalue weighted by molar-refractivity contribution is 6.04. The van der Waals surface area contributed by atoms with Crippen LogP contribution in [0.2, 0.25) is 0 Å². The molecule has 0 aromatic heterocycles. The maximum Gasteiger partial charge on any atom is 0.343 e. The number of hydrogen-bond donors (Lipinski definition) is 1. The Hall–Kier alpha value is -4.72. The van der Waals surface area contributed by atoms with Crippen molar-refractivity contribution in [2.45, 2.75) is 0 Å². The summed E-state index contributed by atoms with van der Waals surface area (Å²) in [5.41, 5.74) is 2.90. The van der Waals surface area contributed by atoms with Crippen molar-refractivity contribution in [2.75, 3.05) is 14.2 Å². The lowest BCUT2D eigenvalue weighted by molar-refractivity contribution is 0.0734. The molecule has 1 amide bonds. The van der Waals surface area contributed by atoms with Crippen molar-refractivity contribution in [3.05, 3.63) is 101 Å². The molecule has 176 valence electrons. The Morgan fingerprint density at radius 2 is 1.57 bits per heavy atom. The van der Waals surface area contributed by atoms with Crippen LogP contribution < -0.4 is 19.6 Å². The summed E-state index contributed by atoms with van der Waals surface area (Å²) in [6, 6.07) is 21.2. The summed E-state index contributed by atoms with van der Waals surface area (Å²) in [5, 5.41) is 5.60. The van der Waals surface area contributed by atoms with Crippen LogP contribution >= 0.6 is 0 Å². The molecule has 0 spiro atoms. The van der Waals surface area contributed by atoms with Gasteiger partial charge < -0.3 is 14.2 Å². The van der Waals surface area contributed by atoms with Gasteiger partial charge in [-0.05, 0) is 47.2 Å². The van der Waals surface area contributed by atoms with Crippen molar-refractivity contribution in [3.63, 3.8) is 0 Å². The highest BCUT2D eigenvalue weighted by Crippen LogP contribution is 2.30. The van der Waals surface area contributed by atoms with Gasteiger partial charge in [0.05, 0.1) is 31.6 Å². The highest BCUT2D eigenvalue weighted by atomic mass is 19.1. The van der Waals surface area contributed by atoms with Crippen LogP contribution in [0.3, 0.4) is 0 Å². The van der Waals surface area contributed by atoms with Crippen molar-refractivity contribution in [3.8, 4) is 17.2 Å². The Balaban J connectivity index is 1.64. The fourth-order valence-corrected chi connectivity index (χ4v) is 3.48. The van der Waals surface area contributed by atoms with E-state index in [0.717, 1.165) is 10.8 Å². The molecule has 0 heterocycles. The Kier molecular flexibility index (Phi) is 7.02. The van der Waals surface area contributed by atoms with Crippen LogP contribution in [-0.2, 0) is 0 Å². The lowest BCUT2D eigenvalue weighted by Crippen LogP contribution is -2.19. The van der Waals surface area contributed by atoms with E-state index in [-0.39, 0.29) is 16.9 Å². The molecule has 35 heavy (non-hydrogen) atoms. The van der Waals surface area contributed by atoms with Gasteiger partial charge in [-0.15, -0.1) is 0 Å². The lowest BCUT2D eigenvalue weighted by atomic mass is 10.0. The number of carbonyl (C=O) groups is 2. The number of hydrogen-bond acceptors (Lipinski definition) is 6. The number of carbonyl (C=O) groups excluding carboxylic acids is 2. The van der Waals surface area contributed by atoms with Crippen molar-refractivity contribution < 1.29 is 28.2 Å². The van der Waals surface area contributed by atoms with Gasteiger partial charge in [0, 0.05) is 5.56 Å². The number of ether oxygens (including phenoxy) is 3. The van der Waals surface area contributed by atoms with Gasteiger partial charge in [-0.2, -0.15) is 5.10 Å². The molecule has 4 aromatic carbocycles. The van der Waals surface area contributed by atoms with Gasteiger partial charge >= 0.3 is 5.97 Å². The Morgan fingerprint density at radius 1 is 0.857 bits per heavy atom. The normalized spacial score (nSPS) is 10.8. The zero-order chi connectivity index (χ0) is 24.8. The SMILES string of the molecule is COc1ccc(C(=O)Oc2ccc3ccccc3c2/C=N/NC(=O)c2ccccc2F)cc1OC. The van der Waals surface area contributed by atoms with Gasteiger partial charge in [-0.25, -0.2) is 14.6 Å². The van der Waals surface area contributed by atoms with E-state index in [1.165, 1.54) is 44.7 Å². The number of amides is 1. The van der Waals surface area contributed by atoms with Crippen LogP contribution in [0.15, 0.2) is 84.0 Å². The minimum atomic E-state index is -0.705. The molecule has 1 N–H and O–H groups in total. The average Bonchev–Trinajstić information content (AvgIpc) is 2.89. The van der Waals surface area contributed by atoms with E-state index >= 15 is 0 Å². The molecule has 0 aliphatic heterocycles. The van der Waals surface area contributed by atoms with E-state index in [1.807, 2.05) is 30.3 Å². The first kappa shape index (κ1) is 23.4. The molecule has 0 aliphatic rings. The second-order valence-corrected chi connectivity index (χ2v) is 7.34. The van der Waals surface area contributed by atoms with Gasteiger partial charge in [0.1, 0.15) is 11.6 Å². The zero-order valence-corrected chi connectivity index (χ0v) is 18.9. The lowest BCUT2D eigenvalue weighted by Gasteiger charge is -2.12. The first-order valence-electron chi connectivity index (χ1n) is 10.6. The Labute approximate surface area is 200 Å². The van der Waals surface area contributed by atoms with Gasteiger partial charge in [-0.3, -0.25) is 4.79 Å². The second kappa shape index (κ2) is 10.5. The van der Waals surface area contributed by atoms with E-state index < -0.39 is 17.7 Å². The quantitative estimate of drug-likeness (QED) is 0.177. The summed E-state index contributed by atoms with van der Waals surface area (Å²) in [6.07, 6.45) is 1.36. The fraction of sp³-hybridized carbons (Fsp3) is 0.0741. The number of halogens is 1. The van der Waals surface area contributed by atoms with Crippen LogP contribution in [0.5, 0.6) is 17.2 Å². The van der Waals surface area contributed by atoms with E-state index in [4.69, 9.17) is 14.2 Å². The number of esters is 1. The number of fused-ring (bicyclic) bond motifs is 1. The van der Waals surface area contributed by atoms with E-state index in [0.29, 0.717) is 17.1 Å². The number of rotatable bonds is 7. The average molecular weight is 472 g/mol. The van der Waals surface area contributed by atoms with Crippen LogP contribution in [0.1, 0.15) is 26.3 Å². The van der Waals surface area contributed by atoms with Crippen molar-refractivity contribution >= 4 is 28.9 Å². The summed E-state index contributed by atoms with van der Waals surface area (Å²) in [5.74, 6) is -0.886. The first-order chi connectivity index (χ1) is 17.0. The third-order valence-corrected chi connectivity index (χ3v) is 5.23. The number of nitrogens with zero attached hydrogens (tertiary/aromatic N) is 1. The van der Waals surface area contributed by atoms with Crippen molar-refractivity contribution in [1.29, 1.82) is 0 Å². The van der Waals surface area contributed by atoms with Crippen LogP contribution in [0.25, 0.3) is 10.8 Å². The number of nitrogens with one attached hydrogen (secondary N) is 1. The van der Waals surface area contributed by atoms with Crippen LogP contribution in [0.4, 0.5) is 4.39 Å². The van der Waals surface area contributed by atoms with Gasteiger partial charge in [0.25, 0.3) is 5.91 Å². The van der Waals surface area contributed by atoms with Crippen molar-refractivity contribution in [2.24, 2.45) is 5.10 Å². The Bertz CT molecular complexity index is 1430. The third kappa shape index (κ3) is 5.11. The summed E-state index contributed by atoms with van der Waals surface area (Å²) in [4.78, 5) is 25.2. The largest absolute Gasteiger partial charge is 0.493 e. The third-order valence-electron chi connectivity index (χ3n) is 5.23. The molecule has 0 saturated heterocycles. The van der Waals surface area contributed by atoms with E-state index in [2.05, 4.69) is 10.5 Å². The molecular weight excluding hydrogens is 451 g/mol. The highest BCUT2D eigenvalue weighted by Gasteiger charge is 2.16. The summed E-state index contributed by atoms with van der Waals surface area (Å²) in [6.45, 7) is 0. The molecule has 4 aromatic rings. The molecular formula is C27H21FN2O5. The predicted octanol–water partition coefficient (Wildman–Crippen LogP) is 4.98. The summed E-state index contributed by atoms with van der Waals surface area (Å²) in [7, 11) is 2.97. The molecule has 8 heteroatoms. The zero-order valence-electron chi connectivity index (χ0n) is 18.9. The molecule has 4 rings (SSSR count). The minimum absolute atomic E-state index is 0.136. The summed E-state index contributed by atoms with van der Waals surface area (Å²) < 4.78 is 30.0. The molecule has 7 nitrogen and oxygen atoms in total.